The highest BCUT2D eigenvalue weighted by Crippen LogP contribution is 2.36. The quantitative estimate of drug-likeness (QED) is 0.651. The summed E-state index contributed by atoms with van der Waals surface area (Å²) >= 11 is 1.35. The van der Waals surface area contributed by atoms with Crippen LogP contribution in [0.25, 0.3) is 10.1 Å². The number of aliphatic hydroxyl groups excluding tert-OH is 1. The van der Waals surface area contributed by atoms with Crippen molar-refractivity contribution in [1.82, 2.24) is 14.2 Å². The lowest BCUT2D eigenvalue weighted by Crippen LogP contribution is -2.24. The monoisotopic (exact) mass is 372 g/mol. The summed E-state index contributed by atoms with van der Waals surface area (Å²) in [5.41, 5.74) is 1.65. The standard InChI is InChI=1S/C19H24N4O2S/c1-19(2,3)23-17(10-15(21-23)11-4-6-13(24)8-11)20-12-5-7-16-14(9-12)18(25)22-26-16/h5,7,9-11,13,20,24H,4,6,8H2,1-3H3,(H,22,25)/t11-,13+/m0/s1. The van der Waals surface area contributed by atoms with Crippen LogP contribution in [0.1, 0.15) is 51.6 Å². The Labute approximate surface area is 156 Å². The summed E-state index contributed by atoms with van der Waals surface area (Å²) < 4.78 is 5.71. The lowest BCUT2D eigenvalue weighted by molar-refractivity contribution is 0.181. The zero-order chi connectivity index (χ0) is 18.5. The number of benzene rings is 1. The third-order valence-corrected chi connectivity index (χ3v) is 5.80. The lowest BCUT2D eigenvalue weighted by Gasteiger charge is -2.23. The zero-order valence-corrected chi connectivity index (χ0v) is 16.1. The Balaban J connectivity index is 1.70. The van der Waals surface area contributed by atoms with Gasteiger partial charge in [0.15, 0.2) is 0 Å². The van der Waals surface area contributed by atoms with E-state index in [4.69, 9.17) is 5.10 Å². The highest BCUT2D eigenvalue weighted by molar-refractivity contribution is 7.13. The Bertz CT molecular complexity index is 995. The maximum absolute atomic E-state index is 11.9. The largest absolute Gasteiger partial charge is 0.393 e. The number of nitrogens with one attached hydrogen (secondary N) is 2. The fraction of sp³-hybridized carbons (Fsp3) is 0.474. The first-order valence-electron chi connectivity index (χ1n) is 8.98. The topological polar surface area (TPSA) is 82.9 Å². The van der Waals surface area contributed by atoms with Crippen molar-refractivity contribution < 1.29 is 5.11 Å². The van der Waals surface area contributed by atoms with Crippen LogP contribution in [0.15, 0.2) is 29.1 Å². The van der Waals surface area contributed by atoms with Crippen molar-refractivity contribution in [1.29, 1.82) is 0 Å². The van der Waals surface area contributed by atoms with Crippen molar-refractivity contribution in [2.45, 2.75) is 57.6 Å². The maximum atomic E-state index is 11.9. The van der Waals surface area contributed by atoms with Crippen LogP contribution in [0.3, 0.4) is 0 Å². The third kappa shape index (κ3) is 3.17. The molecule has 0 amide bonds. The number of aliphatic hydroxyl groups is 1. The summed E-state index contributed by atoms with van der Waals surface area (Å²) in [6.07, 6.45) is 2.37. The van der Waals surface area contributed by atoms with Crippen molar-refractivity contribution in [3.8, 4) is 0 Å². The van der Waals surface area contributed by atoms with E-state index in [0.717, 1.165) is 41.2 Å². The smallest absolute Gasteiger partial charge is 0.265 e. The van der Waals surface area contributed by atoms with Gasteiger partial charge in [0.25, 0.3) is 5.56 Å². The number of aromatic amines is 1. The Hall–Kier alpha value is -2.12. The average Bonchev–Trinajstić information content (AvgIpc) is 3.27. The van der Waals surface area contributed by atoms with Gasteiger partial charge < -0.3 is 10.4 Å². The van der Waals surface area contributed by atoms with E-state index in [1.807, 2.05) is 22.9 Å². The summed E-state index contributed by atoms with van der Waals surface area (Å²) in [5.74, 6) is 1.20. The van der Waals surface area contributed by atoms with Gasteiger partial charge in [-0.25, -0.2) is 4.68 Å². The first kappa shape index (κ1) is 17.3. The van der Waals surface area contributed by atoms with Crippen LogP contribution in [-0.2, 0) is 5.54 Å². The number of aromatic nitrogens is 3. The number of hydrogen-bond donors (Lipinski definition) is 3. The molecule has 1 fully saturated rings. The van der Waals surface area contributed by atoms with Gasteiger partial charge in [0, 0.05) is 17.7 Å². The van der Waals surface area contributed by atoms with Gasteiger partial charge in [-0.3, -0.25) is 9.17 Å². The van der Waals surface area contributed by atoms with Crippen molar-refractivity contribution in [3.05, 3.63) is 40.3 Å². The van der Waals surface area contributed by atoms with Crippen LogP contribution in [0.5, 0.6) is 0 Å². The fourth-order valence-corrected chi connectivity index (χ4v) is 4.31. The second-order valence-electron chi connectivity index (χ2n) is 8.07. The molecule has 2 atom stereocenters. The van der Waals surface area contributed by atoms with Crippen LogP contribution in [-0.4, -0.2) is 25.4 Å². The SMILES string of the molecule is CC(C)(C)n1nc([C@H]2CC[C@@H](O)C2)cc1Nc1ccc2s[nH]c(=O)c2c1. The predicted molar refractivity (Wildman–Crippen MR) is 106 cm³/mol. The number of rotatable bonds is 3. The molecule has 3 N–H and O–H groups in total. The van der Waals surface area contributed by atoms with E-state index in [-0.39, 0.29) is 17.2 Å². The predicted octanol–water partition coefficient (Wildman–Crippen LogP) is 3.91. The van der Waals surface area contributed by atoms with Crippen LogP contribution < -0.4 is 10.9 Å². The molecule has 2 heterocycles. The number of anilines is 2. The van der Waals surface area contributed by atoms with Gasteiger partial charge in [0.05, 0.1) is 27.4 Å². The van der Waals surface area contributed by atoms with E-state index in [2.05, 4.69) is 36.5 Å². The molecule has 0 aliphatic heterocycles. The Morgan fingerprint density at radius 2 is 2.12 bits per heavy atom. The molecule has 138 valence electrons. The molecule has 0 radical (unpaired) electrons. The number of hydrogen-bond acceptors (Lipinski definition) is 5. The molecule has 1 aliphatic carbocycles. The summed E-state index contributed by atoms with van der Waals surface area (Å²) in [7, 11) is 0. The Morgan fingerprint density at radius 3 is 2.81 bits per heavy atom. The van der Waals surface area contributed by atoms with Crippen LogP contribution >= 0.6 is 11.5 Å². The van der Waals surface area contributed by atoms with E-state index < -0.39 is 0 Å². The molecule has 26 heavy (non-hydrogen) atoms. The summed E-state index contributed by atoms with van der Waals surface area (Å²) in [4.78, 5) is 11.9. The minimum absolute atomic E-state index is 0.0568. The number of fused-ring (bicyclic) bond motifs is 1. The zero-order valence-electron chi connectivity index (χ0n) is 15.2. The van der Waals surface area contributed by atoms with Crippen molar-refractivity contribution in [2.75, 3.05) is 5.32 Å². The van der Waals surface area contributed by atoms with Gasteiger partial charge in [0.2, 0.25) is 0 Å². The lowest BCUT2D eigenvalue weighted by atomic mass is 10.0. The van der Waals surface area contributed by atoms with E-state index in [1.165, 1.54) is 11.5 Å². The van der Waals surface area contributed by atoms with Crippen molar-refractivity contribution >= 4 is 33.1 Å². The van der Waals surface area contributed by atoms with Gasteiger partial charge in [0.1, 0.15) is 5.82 Å². The number of nitrogens with zero attached hydrogens (tertiary/aromatic N) is 2. The highest BCUT2D eigenvalue weighted by atomic mass is 32.1. The summed E-state index contributed by atoms with van der Waals surface area (Å²) in [6.45, 7) is 6.35. The Kier molecular flexibility index (Phi) is 4.16. The second-order valence-corrected chi connectivity index (χ2v) is 8.92. The molecule has 0 bridgehead atoms. The van der Waals surface area contributed by atoms with Gasteiger partial charge >= 0.3 is 0 Å². The van der Waals surface area contributed by atoms with E-state index >= 15 is 0 Å². The molecule has 2 aromatic heterocycles. The number of H-pyrrole nitrogens is 1. The molecular weight excluding hydrogens is 348 g/mol. The summed E-state index contributed by atoms with van der Waals surface area (Å²) in [5, 5.41) is 18.8. The molecule has 0 spiro atoms. The van der Waals surface area contributed by atoms with E-state index in [0.29, 0.717) is 11.3 Å². The minimum Gasteiger partial charge on any atom is -0.393 e. The van der Waals surface area contributed by atoms with Crippen LogP contribution in [0.2, 0.25) is 0 Å². The van der Waals surface area contributed by atoms with Gasteiger partial charge in [-0.15, -0.1) is 0 Å². The molecule has 1 aliphatic rings. The highest BCUT2D eigenvalue weighted by Gasteiger charge is 2.29. The van der Waals surface area contributed by atoms with Crippen molar-refractivity contribution in [2.24, 2.45) is 0 Å². The third-order valence-electron chi connectivity index (χ3n) is 4.94. The molecule has 1 aromatic carbocycles. The fourth-order valence-electron chi connectivity index (χ4n) is 3.60. The summed E-state index contributed by atoms with van der Waals surface area (Å²) in [6, 6.07) is 7.89. The van der Waals surface area contributed by atoms with Crippen LogP contribution in [0.4, 0.5) is 11.5 Å². The van der Waals surface area contributed by atoms with Gasteiger partial charge in [-0.2, -0.15) is 5.10 Å². The molecule has 1 saturated carbocycles. The van der Waals surface area contributed by atoms with E-state index in [9.17, 15) is 9.90 Å². The van der Waals surface area contributed by atoms with E-state index in [1.54, 1.807) is 0 Å². The molecule has 3 aromatic rings. The molecule has 7 heteroatoms. The van der Waals surface area contributed by atoms with Crippen molar-refractivity contribution in [3.63, 3.8) is 0 Å². The molecular formula is C19H24N4O2S. The van der Waals surface area contributed by atoms with Gasteiger partial charge in [-0.1, -0.05) is 11.5 Å². The molecule has 0 saturated heterocycles. The van der Waals surface area contributed by atoms with Crippen LogP contribution in [0, 0.1) is 0 Å². The first-order valence-corrected chi connectivity index (χ1v) is 9.79. The van der Waals surface area contributed by atoms with Gasteiger partial charge in [-0.05, 0) is 58.2 Å². The normalized spacial score (nSPS) is 20.8. The first-order chi connectivity index (χ1) is 12.3. The molecule has 6 nitrogen and oxygen atoms in total. The average molecular weight is 372 g/mol. The maximum Gasteiger partial charge on any atom is 0.265 e. The second kappa shape index (κ2) is 6.25. The molecule has 0 unspecified atom stereocenters. The molecule has 4 rings (SSSR count). The Morgan fingerprint density at radius 1 is 1.31 bits per heavy atom. The minimum atomic E-state index is -0.219.